The molecule has 148 valence electrons. The Morgan fingerprint density at radius 3 is 2.52 bits per heavy atom. The van der Waals surface area contributed by atoms with Crippen molar-refractivity contribution in [1.29, 1.82) is 0 Å². The number of methoxy groups -OCH3 is 2. The van der Waals surface area contributed by atoms with Crippen molar-refractivity contribution in [2.24, 2.45) is 0 Å². The quantitative estimate of drug-likeness (QED) is 0.720. The highest BCUT2D eigenvalue weighted by Crippen LogP contribution is 2.38. The number of carbonyl (C=O) groups is 2. The van der Waals surface area contributed by atoms with Crippen LogP contribution in [0.4, 0.5) is 10.5 Å². The number of anilines is 1. The van der Waals surface area contributed by atoms with E-state index in [4.69, 9.17) is 14.2 Å². The minimum atomic E-state index is -0.557. The van der Waals surface area contributed by atoms with Gasteiger partial charge < -0.3 is 24.8 Å². The third-order valence-corrected chi connectivity index (χ3v) is 4.76. The lowest BCUT2D eigenvalue weighted by Crippen LogP contribution is -2.38. The summed E-state index contributed by atoms with van der Waals surface area (Å²) in [5.74, 6) is 0.282. The van der Waals surface area contributed by atoms with Crippen LogP contribution in [0.25, 0.3) is 10.1 Å². The van der Waals surface area contributed by atoms with Gasteiger partial charge >= 0.3 is 12.1 Å². The number of amides is 1. The summed E-state index contributed by atoms with van der Waals surface area (Å²) in [4.78, 5) is 24.5. The molecule has 0 fully saturated rings. The first-order valence-electron chi connectivity index (χ1n) is 8.57. The summed E-state index contributed by atoms with van der Waals surface area (Å²) < 4.78 is 16.4. The maximum absolute atomic E-state index is 12.2. The first kappa shape index (κ1) is 20.8. The zero-order chi connectivity index (χ0) is 20.2. The SMILES string of the molecule is COC(=O)c1sc2ccc(OC)cc2c1N[C@H](C)CNC(=O)OC(C)(C)C. The van der Waals surface area contributed by atoms with Gasteiger partial charge in [-0.2, -0.15) is 0 Å². The van der Waals surface area contributed by atoms with E-state index in [0.717, 1.165) is 10.1 Å². The largest absolute Gasteiger partial charge is 0.497 e. The van der Waals surface area contributed by atoms with Gasteiger partial charge in [-0.25, -0.2) is 9.59 Å². The second kappa shape index (κ2) is 8.47. The van der Waals surface area contributed by atoms with Crippen molar-refractivity contribution in [2.75, 3.05) is 26.1 Å². The topological polar surface area (TPSA) is 85.9 Å². The minimum Gasteiger partial charge on any atom is -0.497 e. The van der Waals surface area contributed by atoms with Crippen LogP contribution in [0.1, 0.15) is 37.4 Å². The Kier molecular flexibility index (Phi) is 6.54. The van der Waals surface area contributed by atoms with Gasteiger partial charge in [-0.3, -0.25) is 0 Å². The molecule has 1 aromatic heterocycles. The monoisotopic (exact) mass is 394 g/mol. The summed E-state index contributed by atoms with van der Waals surface area (Å²) in [7, 11) is 2.94. The molecule has 2 rings (SSSR count). The van der Waals surface area contributed by atoms with E-state index < -0.39 is 17.7 Å². The van der Waals surface area contributed by atoms with Crippen LogP contribution in [0.5, 0.6) is 5.75 Å². The van der Waals surface area contributed by atoms with Crippen molar-refractivity contribution < 1.29 is 23.8 Å². The molecule has 2 N–H and O–H groups in total. The predicted octanol–water partition coefficient (Wildman–Crippen LogP) is 4.02. The highest BCUT2D eigenvalue weighted by atomic mass is 32.1. The Morgan fingerprint density at radius 1 is 1.22 bits per heavy atom. The minimum absolute atomic E-state index is 0.148. The highest BCUT2D eigenvalue weighted by molar-refractivity contribution is 7.21. The number of hydrogen-bond donors (Lipinski definition) is 2. The van der Waals surface area contributed by atoms with E-state index in [-0.39, 0.29) is 6.04 Å². The second-order valence-corrected chi connectivity index (χ2v) is 8.14. The summed E-state index contributed by atoms with van der Waals surface area (Å²) in [5, 5.41) is 6.89. The van der Waals surface area contributed by atoms with Crippen molar-refractivity contribution in [3.05, 3.63) is 23.1 Å². The van der Waals surface area contributed by atoms with E-state index >= 15 is 0 Å². The molecule has 0 saturated heterocycles. The molecule has 0 unspecified atom stereocenters. The zero-order valence-corrected chi connectivity index (χ0v) is 17.3. The third kappa shape index (κ3) is 5.50. The summed E-state index contributed by atoms with van der Waals surface area (Å²) in [6.07, 6.45) is -0.485. The molecule has 2 aromatic rings. The van der Waals surface area contributed by atoms with Gasteiger partial charge in [-0.05, 0) is 45.9 Å². The maximum Gasteiger partial charge on any atom is 0.407 e. The third-order valence-electron chi connectivity index (χ3n) is 3.61. The molecule has 0 aliphatic heterocycles. The van der Waals surface area contributed by atoms with Gasteiger partial charge in [-0.15, -0.1) is 11.3 Å². The highest BCUT2D eigenvalue weighted by Gasteiger charge is 2.22. The fourth-order valence-electron chi connectivity index (χ4n) is 2.43. The molecule has 27 heavy (non-hydrogen) atoms. The molecule has 0 spiro atoms. The molecule has 1 atom stereocenters. The molecule has 0 aliphatic carbocycles. The van der Waals surface area contributed by atoms with Crippen LogP contribution < -0.4 is 15.4 Å². The number of nitrogens with one attached hydrogen (secondary N) is 2. The summed E-state index contributed by atoms with van der Waals surface area (Å²) in [6.45, 7) is 7.66. The number of benzene rings is 1. The van der Waals surface area contributed by atoms with Gasteiger partial charge in [0.15, 0.2) is 0 Å². The lowest BCUT2D eigenvalue weighted by Gasteiger charge is -2.21. The number of thiophene rings is 1. The van der Waals surface area contributed by atoms with E-state index in [1.807, 2.05) is 45.9 Å². The number of alkyl carbamates (subject to hydrolysis) is 1. The fourth-order valence-corrected chi connectivity index (χ4v) is 3.50. The van der Waals surface area contributed by atoms with Crippen LogP contribution in [0, 0.1) is 0 Å². The molecule has 7 nitrogen and oxygen atoms in total. The van der Waals surface area contributed by atoms with Crippen molar-refractivity contribution in [3.8, 4) is 5.75 Å². The van der Waals surface area contributed by atoms with Crippen LogP contribution >= 0.6 is 11.3 Å². The van der Waals surface area contributed by atoms with Crippen molar-refractivity contribution in [3.63, 3.8) is 0 Å². The number of ether oxygens (including phenoxy) is 3. The van der Waals surface area contributed by atoms with E-state index in [9.17, 15) is 9.59 Å². The molecule has 0 bridgehead atoms. The molecule has 0 radical (unpaired) electrons. The van der Waals surface area contributed by atoms with Gasteiger partial charge in [0.2, 0.25) is 0 Å². The smallest absolute Gasteiger partial charge is 0.407 e. The van der Waals surface area contributed by atoms with Gasteiger partial charge in [-0.1, -0.05) is 0 Å². The van der Waals surface area contributed by atoms with Gasteiger partial charge in [0.05, 0.1) is 19.9 Å². The van der Waals surface area contributed by atoms with E-state index in [1.165, 1.54) is 18.4 Å². The molecular weight excluding hydrogens is 368 g/mol. The first-order valence-corrected chi connectivity index (χ1v) is 9.38. The van der Waals surface area contributed by atoms with E-state index in [2.05, 4.69) is 10.6 Å². The summed E-state index contributed by atoms with van der Waals surface area (Å²) >= 11 is 1.35. The Bertz CT molecular complexity index is 825. The van der Waals surface area contributed by atoms with Crippen LogP contribution in [0.3, 0.4) is 0 Å². The van der Waals surface area contributed by atoms with Crippen LogP contribution in [0.2, 0.25) is 0 Å². The Hall–Kier alpha value is -2.48. The second-order valence-electron chi connectivity index (χ2n) is 7.09. The predicted molar refractivity (Wildman–Crippen MR) is 107 cm³/mol. The molecular formula is C19H26N2O5S. The van der Waals surface area contributed by atoms with Crippen LogP contribution in [-0.4, -0.2) is 44.5 Å². The lowest BCUT2D eigenvalue weighted by molar-refractivity contribution is 0.0524. The van der Waals surface area contributed by atoms with Gasteiger partial charge in [0.1, 0.15) is 16.2 Å². The molecule has 1 heterocycles. The molecule has 8 heteroatoms. The molecule has 0 aliphatic rings. The van der Waals surface area contributed by atoms with Crippen LogP contribution in [-0.2, 0) is 9.47 Å². The van der Waals surface area contributed by atoms with Crippen molar-refractivity contribution in [2.45, 2.75) is 39.3 Å². The van der Waals surface area contributed by atoms with E-state index in [0.29, 0.717) is 22.9 Å². The number of rotatable bonds is 6. The summed E-state index contributed by atoms with van der Waals surface area (Å²) in [5.41, 5.74) is 0.109. The summed E-state index contributed by atoms with van der Waals surface area (Å²) in [6, 6.07) is 5.47. The average Bonchev–Trinajstić information content (AvgIpc) is 2.95. The molecule has 1 amide bonds. The zero-order valence-electron chi connectivity index (χ0n) is 16.5. The van der Waals surface area contributed by atoms with E-state index in [1.54, 1.807) is 7.11 Å². The van der Waals surface area contributed by atoms with Crippen molar-refractivity contribution >= 4 is 39.2 Å². The Balaban J connectivity index is 2.20. The number of esters is 1. The number of carbonyl (C=O) groups excluding carboxylic acids is 2. The average molecular weight is 394 g/mol. The lowest BCUT2D eigenvalue weighted by atomic mass is 10.2. The molecule has 1 aromatic carbocycles. The first-order chi connectivity index (χ1) is 12.6. The normalized spacial score (nSPS) is 12.4. The molecule has 0 saturated carbocycles. The van der Waals surface area contributed by atoms with Gasteiger partial charge in [0, 0.05) is 22.7 Å². The standard InChI is InChI=1S/C19H26N2O5S/c1-11(10-20-18(23)26-19(2,3)4)21-15-13-9-12(24-5)7-8-14(13)27-16(15)17(22)25-6/h7-9,11,21H,10H2,1-6H3,(H,20,23)/t11-/m1/s1. The Labute approximate surface area is 163 Å². The number of hydrogen-bond acceptors (Lipinski definition) is 7. The maximum atomic E-state index is 12.2. The van der Waals surface area contributed by atoms with Gasteiger partial charge in [0.25, 0.3) is 0 Å². The number of fused-ring (bicyclic) bond motifs is 1. The Morgan fingerprint density at radius 2 is 1.93 bits per heavy atom. The fraction of sp³-hybridized carbons (Fsp3) is 0.474. The van der Waals surface area contributed by atoms with Crippen LogP contribution in [0.15, 0.2) is 18.2 Å². The van der Waals surface area contributed by atoms with Crippen molar-refractivity contribution in [1.82, 2.24) is 5.32 Å².